The first-order chi connectivity index (χ1) is 14.4. The molecule has 0 unspecified atom stereocenters. The third-order valence-corrected chi connectivity index (χ3v) is 4.51. The molecule has 0 spiro atoms. The fraction of sp³-hybridized carbons (Fsp3) is 0.789. The van der Waals surface area contributed by atoms with E-state index in [9.17, 15) is 9.59 Å². The molecule has 9 nitrogen and oxygen atoms in total. The first-order valence-electron chi connectivity index (χ1n) is 11.4. The predicted octanol–water partition coefficient (Wildman–Crippen LogP) is 2.02. The summed E-state index contributed by atoms with van der Waals surface area (Å²) in [6.07, 6.45) is 9.02. The minimum atomic E-state index is -2.69. The summed E-state index contributed by atoms with van der Waals surface area (Å²) in [7, 11) is 0. The Hall–Kier alpha value is -2.32. The highest BCUT2D eigenvalue weighted by molar-refractivity contribution is 5.97. The molecule has 5 N–H and O–H groups in total. The van der Waals surface area contributed by atoms with Crippen LogP contribution >= 0.6 is 0 Å². The minimum Gasteiger partial charge on any atom is -0.458 e. The second-order valence-electron chi connectivity index (χ2n) is 7.65. The van der Waals surface area contributed by atoms with Crippen molar-refractivity contribution in [1.29, 1.82) is 5.41 Å². The van der Waals surface area contributed by atoms with Gasteiger partial charge in [0.25, 0.3) is 0 Å². The van der Waals surface area contributed by atoms with E-state index < -0.39 is 37.0 Å². The van der Waals surface area contributed by atoms with Gasteiger partial charge in [0.2, 0.25) is 17.8 Å². The third kappa shape index (κ3) is 10.1. The van der Waals surface area contributed by atoms with Crippen LogP contribution in [0.1, 0.15) is 82.2 Å². The lowest BCUT2D eigenvalue weighted by Gasteiger charge is -2.29. The number of rotatable bonds is 1. The largest absolute Gasteiger partial charge is 0.458 e. The van der Waals surface area contributed by atoms with Crippen LogP contribution in [-0.2, 0) is 14.3 Å². The smallest absolute Gasteiger partial charge is 0.328 e. The zero-order chi connectivity index (χ0) is 23.5. The number of ether oxygens (including phenoxy) is 1. The van der Waals surface area contributed by atoms with E-state index in [0.717, 1.165) is 50.0 Å². The Labute approximate surface area is 172 Å². The molecule has 0 aromatic heterocycles. The Morgan fingerprint density at radius 3 is 2.46 bits per heavy atom. The van der Waals surface area contributed by atoms with Gasteiger partial charge >= 0.3 is 5.97 Å². The summed E-state index contributed by atoms with van der Waals surface area (Å²) in [4.78, 5) is 27.9. The lowest BCUT2D eigenvalue weighted by Crippen LogP contribution is -2.56. The van der Waals surface area contributed by atoms with Gasteiger partial charge in [0.05, 0.1) is 0 Å². The fourth-order valence-corrected chi connectivity index (χ4v) is 3.02. The van der Waals surface area contributed by atoms with Crippen LogP contribution in [0.25, 0.3) is 0 Å². The SMILES string of the molecule is [2H]C([2H])([2H])N=C(N)NN1CC(=O)OC(C)(C)CCCCCCCCCCC(=O)NC1=N. The maximum absolute atomic E-state index is 12.5. The first-order valence-corrected chi connectivity index (χ1v) is 9.88. The first kappa shape index (κ1) is 19.0. The van der Waals surface area contributed by atoms with Gasteiger partial charge in [-0.3, -0.25) is 30.7 Å². The Bertz CT molecular complexity index is 652. The molecule has 28 heavy (non-hydrogen) atoms. The Balaban J connectivity index is 2.92. The van der Waals surface area contributed by atoms with Gasteiger partial charge in [-0.25, -0.2) is 5.01 Å². The van der Waals surface area contributed by atoms with Crippen molar-refractivity contribution >= 4 is 23.8 Å². The van der Waals surface area contributed by atoms with Crippen LogP contribution in [0.4, 0.5) is 0 Å². The number of carbonyl (C=O) groups is 2. The van der Waals surface area contributed by atoms with Gasteiger partial charge in [-0.2, -0.15) is 0 Å². The number of aliphatic imine (C=N–C) groups is 1. The molecule has 0 atom stereocenters. The van der Waals surface area contributed by atoms with Gasteiger partial charge < -0.3 is 10.5 Å². The lowest BCUT2D eigenvalue weighted by atomic mass is 9.99. The van der Waals surface area contributed by atoms with Crippen molar-refractivity contribution in [2.45, 2.75) is 83.7 Å². The molecular formula is C19H36N6O3. The van der Waals surface area contributed by atoms with Crippen LogP contribution in [0.5, 0.6) is 0 Å². The molecule has 160 valence electrons. The summed E-state index contributed by atoms with van der Waals surface area (Å²) in [5.74, 6) is -2.00. The zero-order valence-electron chi connectivity index (χ0n) is 20.0. The van der Waals surface area contributed by atoms with E-state index in [1.807, 2.05) is 13.8 Å². The quantitative estimate of drug-likeness (QED) is 0.303. The van der Waals surface area contributed by atoms with E-state index in [0.29, 0.717) is 12.8 Å². The van der Waals surface area contributed by atoms with Crippen molar-refractivity contribution in [3.8, 4) is 0 Å². The number of hydrogen-bond acceptors (Lipinski definition) is 5. The van der Waals surface area contributed by atoms with Gasteiger partial charge in [-0.05, 0) is 33.1 Å². The Morgan fingerprint density at radius 1 is 1.21 bits per heavy atom. The van der Waals surface area contributed by atoms with Crippen molar-refractivity contribution in [2.24, 2.45) is 10.7 Å². The molecule has 1 amide bonds. The summed E-state index contributed by atoms with van der Waals surface area (Å²) >= 11 is 0. The number of guanidine groups is 2. The van der Waals surface area contributed by atoms with Gasteiger partial charge in [0.15, 0.2) is 0 Å². The van der Waals surface area contributed by atoms with E-state index in [2.05, 4.69) is 15.7 Å². The molecule has 1 fully saturated rings. The van der Waals surface area contributed by atoms with Crippen LogP contribution in [-0.4, -0.2) is 47.9 Å². The predicted molar refractivity (Wildman–Crippen MR) is 110 cm³/mol. The van der Waals surface area contributed by atoms with Gasteiger partial charge in [0.1, 0.15) is 12.1 Å². The molecular weight excluding hydrogens is 360 g/mol. The molecule has 1 aliphatic rings. The van der Waals surface area contributed by atoms with Crippen molar-refractivity contribution < 1.29 is 18.4 Å². The highest BCUT2D eigenvalue weighted by Gasteiger charge is 2.25. The standard InChI is InChI=1S/C19H36N6O3/c1-19(2)13-11-9-7-5-4-6-8-10-12-15(26)23-18(21)25(14-16(27)28-19)24-17(20)22-3/h4-14H2,1-3H3,(H3,20,22,24)(H2,21,23,26)/i3D3. The number of nitrogens with one attached hydrogen (secondary N) is 3. The summed E-state index contributed by atoms with van der Waals surface area (Å²) < 4.78 is 27.0. The van der Waals surface area contributed by atoms with E-state index in [-0.39, 0.29) is 12.3 Å². The second-order valence-corrected chi connectivity index (χ2v) is 7.65. The maximum Gasteiger partial charge on any atom is 0.328 e. The molecule has 0 saturated carbocycles. The number of amides is 1. The van der Waals surface area contributed by atoms with Gasteiger partial charge in [-0.1, -0.05) is 38.5 Å². The second kappa shape index (κ2) is 12.2. The van der Waals surface area contributed by atoms with Crippen LogP contribution in [0, 0.1) is 5.41 Å². The molecule has 1 heterocycles. The monoisotopic (exact) mass is 399 g/mol. The van der Waals surface area contributed by atoms with E-state index in [1.165, 1.54) is 0 Å². The highest BCUT2D eigenvalue weighted by atomic mass is 16.6. The summed E-state index contributed by atoms with van der Waals surface area (Å²) in [6.45, 7) is 0.471. The number of nitrogens with zero attached hydrogens (tertiary/aromatic N) is 2. The van der Waals surface area contributed by atoms with Crippen LogP contribution in [0.15, 0.2) is 4.99 Å². The molecule has 0 aromatic carbocycles. The molecule has 0 radical (unpaired) electrons. The molecule has 1 aliphatic heterocycles. The molecule has 9 heteroatoms. The Kier molecular flexibility index (Phi) is 8.29. The zero-order valence-corrected chi connectivity index (χ0v) is 17.0. The van der Waals surface area contributed by atoms with Crippen LogP contribution in [0.3, 0.4) is 0 Å². The van der Waals surface area contributed by atoms with Crippen LogP contribution < -0.4 is 16.5 Å². The molecule has 1 saturated heterocycles. The third-order valence-electron chi connectivity index (χ3n) is 4.51. The number of cyclic esters (lactones) is 1. The summed E-state index contributed by atoms with van der Waals surface area (Å²) in [5.41, 5.74) is 7.28. The fourth-order valence-electron chi connectivity index (χ4n) is 3.02. The molecule has 0 aromatic rings. The van der Waals surface area contributed by atoms with Crippen molar-refractivity contribution in [3.63, 3.8) is 0 Å². The van der Waals surface area contributed by atoms with Crippen molar-refractivity contribution in [1.82, 2.24) is 15.8 Å². The maximum atomic E-state index is 12.5. The topological polar surface area (TPSA) is 133 Å². The molecule has 0 bridgehead atoms. The van der Waals surface area contributed by atoms with Crippen molar-refractivity contribution in [2.75, 3.05) is 13.5 Å². The average Bonchev–Trinajstić information content (AvgIpc) is 2.59. The number of nitrogens with two attached hydrogens (primary N) is 1. The van der Waals surface area contributed by atoms with E-state index in [1.54, 1.807) is 0 Å². The number of hydrazine groups is 1. The summed E-state index contributed by atoms with van der Waals surface area (Å²) in [6, 6.07) is 0. The van der Waals surface area contributed by atoms with Gasteiger partial charge in [-0.15, -0.1) is 0 Å². The molecule has 0 aliphatic carbocycles. The van der Waals surface area contributed by atoms with E-state index in [4.69, 9.17) is 20.0 Å². The number of carbonyl (C=O) groups excluding carboxylic acids is 2. The minimum absolute atomic E-state index is 0.243. The molecule has 1 rings (SSSR count). The lowest BCUT2D eigenvalue weighted by molar-refractivity contribution is -0.158. The van der Waals surface area contributed by atoms with E-state index >= 15 is 0 Å². The highest BCUT2D eigenvalue weighted by Crippen LogP contribution is 2.20. The number of esters is 1. The number of hydrogen-bond donors (Lipinski definition) is 4. The Morgan fingerprint density at radius 2 is 1.82 bits per heavy atom. The average molecular weight is 400 g/mol. The van der Waals surface area contributed by atoms with Crippen LogP contribution in [0.2, 0.25) is 0 Å². The summed E-state index contributed by atoms with van der Waals surface area (Å²) in [5, 5.41) is 11.4. The normalized spacial score (nSPS) is 23.9. The van der Waals surface area contributed by atoms with Gasteiger partial charge in [0, 0.05) is 17.5 Å². The van der Waals surface area contributed by atoms with Crippen molar-refractivity contribution in [3.05, 3.63) is 0 Å².